The topological polar surface area (TPSA) is 115 Å². The second-order valence-corrected chi connectivity index (χ2v) is 24.6. The van der Waals surface area contributed by atoms with Gasteiger partial charge in [0.25, 0.3) is 11.5 Å². The molecule has 1 aliphatic heterocycles. The van der Waals surface area contributed by atoms with Crippen LogP contribution >= 0.6 is 0 Å². The van der Waals surface area contributed by atoms with Crippen LogP contribution in [0.25, 0.3) is 0 Å². The standard InChI is InChI=1S/C35H48N2O8Si2/c1-34(2,3)46(7,8)42-23-26-28(44-32(40)25-19-15-12-16-20-25)29(45-47(9,10)35(4,5)6)31(43-26)36-22-21-27(38)37(33(36)41)30(39)24-17-13-11-14-18-24/h11-22,26,28-29,31H,23H2,1-10H3/t26-,28-,29-,31-/m1/s1. The Bertz CT molecular complexity index is 1690. The Morgan fingerprint density at radius 3 is 1.83 bits per heavy atom. The summed E-state index contributed by atoms with van der Waals surface area (Å²) in [7, 11) is -4.90. The molecule has 2 heterocycles. The molecule has 47 heavy (non-hydrogen) atoms. The number of ether oxygens (including phenoxy) is 2. The maximum absolute atomic E-state index is 14.1. The van der Waals surface area contributed by atoms with Crippen LogP contribution in [0.1, 0.15) is 68.5 Å². The Hall–Kier alpha value is -3.43. The van der Waals surface area contributed by atoms with Gasteiger partial charge in [0.05, 0.1) is 12.2 Å². The fraction of sp³-hybridized carbons (Fsp3) is 0.486. The molecule has 0 unspecified atom stereocenters. The zero-order chi connectivity index (χ0) is 34.9. The summed E-state index contributed by atoms with van der Waals surface area (Å²) in [4.78, 5) is 54.0. The van der Waals surface area contributed by atoms with Gasteiger partial charge in [-0.2, -0.15) is 4.57 Å². The number of aromatic nitrogens is 2. The fourth-order valence-electron chi connectivity index (χ4n) is 4.71. The van der Waals surface area contributed by atoms with Gasteiger partial charge in [0.15, 0.2) is 29.0 Å². The molecule has 12 heteroatoms. The number of rotatable bonds is 9. The Kier molecular flexibility index (Phi) is 10.5. The summed E-state index contributed by atoms with van der Waals surface area (Å²) in [5, 5.41) is -0.364. The number of carbonyl (C=O) groups excluding carboxylic acids is 2. The Morgan fingerprint density at radius 2 is 1.30 bits per heavy atom. The average Bonchev–Trinajstić information content (AvgIpc) is 3.31. The Balaban J connectivity index is 1.85. The van der Waals surface area contributed by atoms with Crippen LogP contribution in [-0.2, 0) is 18.3 Å². The minimum Gasteiger partial charge on any atom is -0.453 e. The number of benzene rings is 2. The lowest BCUT2D eigenvalue weighted by Crippen LogP contribution is -2.52. The molecule has 1 aromatic heterocycles. The van der Waals surface area contributed by atoms with Gasteiger partial charge in [-0.05, 0) is 60.5 Å². The largest absolute Gasteiger partial charge is 0.453 e. The van der Waals surface area contributed by atoms with E-state index in [1.807, 2.05) is 6.07 Å². The van der Waals surface area contributed by atoms with Crippen molar-refractivity contribution in [3.05, 3.63) is 105 Å². The van der Waals surface area contributed by atoms with Gasteiger partial charge in [0, 0.05) is 17.8 Å². The van der Waals surface area contributed by atoms with Crippen molar-refractivity contribution in [3.8, 4) is 0 Å². The molecule has 0 aliphatic carbocycles. The van der Waals surface area contributed by atoms with Crippen LogP contribution in [0.5, 0.6) is 0 Å². The Labute approximate surface area is 278 Å². The maximum Gasteiger partial charge on any atom is 0.340 e. The number of carbonyl (C=O) groups is 2. The summed E-state index contributed by atoms with van der Waals surface area (Å²) >= 11 is 0. The molecule has 0 radical (unpaired) electrons. The first-order valence-corrected chi connectivity index (χ1v) is 21.7. The van der Waals surface area contributed by atoms with Crippen molar-refractivity contribution in [2.45, 2.75) is 102 Å². The molecule has 3 aromatic rings. The van der Waals surface area contributed by atoms with Gasteiger partial charge in [-0.3, -0.25) is 14.2 Å². The zero-order valence-electron chi connectivity index (χ0n) is 29.1. The number of esters is 1. The molecule has 1 saturated heterocycles. The van der Waals surface area contributed by atoms with Gasteiger partial charge in [-0.15, -0.1) is 0 Å². The second kappa shape index (κ2) is 13.6. The monoisotopic (exact) mass is 680 g/mol. The normalized spacial score (nSPS) is 20.6. The first-order valence-electron chi connectivity index (χ1n) is 15.9. The SMILES string of the molecule is CC(C)(C)[Si](C)(C)OC[C@H]1O[C@@H](n2ccc(=O)n(C(=O)c3ccccc3)c2=O)[C@H](O[Si](C)(C)C(C)(C)C)[C@@H]1OC(=O)c1ccccc1. The van der Waals surface area contributed by atoms with E-state index in [1.54, 1.807) is 42.5 Å². The van der Waals surface area contributed by atoms with Gasteiger partial charge in [0.2, 0.25) is 0 Å². The molecular formula is C35H48N2O8Si2. The molecule has 1 aliphatic rings. The minimum atomic E-state index is -2.61. The highest BCUT2D eigenvalue weighted by Gasteiger charge is 2.54. The third-order valence-electron chi connectivity index (χ3n) is 9.70. The van der Waals surface area contributed by atoms with E-state index < -0.39 is 64.3 Å². The summed E-state index contributed by atoms with van der Waals surface area (Å²) in [6, 6.07) is 17.9. The van der Waals surface area contributed by atoms with Crippen molar-refractivity contribution in [1.82, 2.24) is 9.13 Å². The zero-order valence-corrected chi connectivity index (χ0v) is 31.1. The second-order valence-electron chi connectivity index (χ2n) is 15.1. The third-order valence-corrected chi connectivity index (χ3v) is 18.7. The van der Waals surface area contributed by atoms with E-state index in [2.05, 4.69) is 67.7 Å². The highest BCUT2D eigenvalue weighted by molar-refractivity contribution is 6.74. The van der Waals surface area contributed by atoms with Gasteiger partial charge in [-0.1, -0.05) is 77.9 Å². The molecule has 0 bridgehead atoms. The molecule has 1 fully saturated rings. The molecule has 254 valence electrons. The molecule has 4 rings (SSSR count). The predicted octanol–water partition coefficient (Wildman–Crippen LogP) is 6.23. The van der Waals surface area contributed by atoms with Gasteiger partial charge in [0.1, 0.15) is 12.2 Å². The molecule has 0 amide bonds. The summed E-state index contributed by atoms with van der Waals surface area (Å²) in [5.74, 6) is -1.34. The van der Waals surface area contributed by atoms with Crippen LogP contribution in [0.4, 0.5) is 0 Å². The van der Waals surface area contributed by atoms with E-state index in [1.165, 1.54) is 22.9 Å². The van der Waals surface area contributed by atoms with Crippen molar-refractivity contribution in [2.24, 2.45) is 0 Å². The van der Waals surface area contributed by atoms with E-state index in [0.29, 0.717) is 10.1 Å². The minimum absolute atomic E-state index is 0.0778. The highest BCUT2D eigenvalue weighted by atomic mass is 28.4. The van der Waals surface area contributed by atoms with Crippen molar-refractivity contribution in [2.75, 3.05) is 6.61 Å². The fourth-order valence-corrected chi connectivity index (χ4v) is 7.00. The average molecular weight is 681 g/mol. The number of hydrogen-bond donors (Lipinski definition) is 0. The summed E-state index contributed by atoms with van der Waals surface area (Å²) in [5.41, 5.74) is -1.13. The molecule has 0 N–H and O–H groups in total. The third kappa shape index (κ3) is 7.84. The lowest BCUT2D eigenvalue weighted by Gasteiger charge is -2.40. The van der Waals surface area contributed by atoms with E-state index in [9.17, 15) is 19.2 Å². The van der Waals surface area contributed by atoms with Crippen LogP contribution in [0.2, 0.25) is 36.3 Å². The van der Waals surface area contributed by atoms with Crippen molar-refractivity contribution >= 4 is 28.5 Å². The van der Waals surface area contributed by atoms with E-state index in [-0.39, 0.29) is 22.2 Å². The molecule has 2 aromatic carbocycles. The molecule has 4 atom stereocenters. The quantitative estimate of drug-likeness (QED) is 0.193. The number of hydrogen-bond acceptors (Lipinski definition) is 8. The van der Waals surface area contributed by atoms with E-state index in [4.69, 9.17) is 18.3 Å². The smallest absolute Gasteiger partial charge is 0.340 e. The van der Waals surface area contributed by atoms with Crippen LogP contribution in [0.15, 0.2) is 82.5 Å². The van der Waals surface area contributed by atoms with Crippen LogP contribution in [-0.4, -0.2) is 62.6 Å². The van der Waals surface area contributed by atoms with Crippen molar-refractivity contribution in [1.29, 1.82) is 0 Å². The first-order chi connectivity index (χ1) is 21.7. The van der Waals surface area contributed by atoms with Gasteiger partial charge < -0.3 is 18.3 Å². The summed E-state index contributed by atoms with van der Waals surface area (Å²) in [6.45, 7) is 21.0. The van der Waals surface area contributed by atoms with E-state index >= 15 is 0 Å². The molecule has 0 saturated carbocycles. The van der Waals surface area contributed by atoms with Crippen LogP contribution in [0.3, 0.4) is 0 Å². The van der Waals surface area contributed by atoms with Crippen molar-refractivity contribution in [3.63, 3.8) is 0 Å². The van der Waals surface area contributed by atoms with Crippen molar-refractivity contribution < 1.29 is 27.9 Å². The highest BCUT2D eigenvalue weighted by Crippen LogP contribution is 2.43. The summed E-state index contributed by atoms with van der Waals surface area (Å²) in [6.07, 6.45) is -2.61. The molecule has 10 nitrogen and oxygen atoms in total. The van der Waals surface area contributed by atoms with Gasteiger partial charge >= 0.3 is 11.7 Å². The predicted molar refractivity (Wildman–Crippen MR) is 186 cm³/mol. The van der Waals surface area contributed by atoms with E-state index in [0.717, 1.165) is 6.07 Å². The number of nitrogens with zero attached hydrogens (tertiary/aromatic N) is 2. The van der Waals surface area contributed by atoms with Gasteiger partial charge in [-0.25, -0.2) is 9.59 Å². The lowest BCUT2D eigenvalue weighted by atomic mass is 10.1. The van der Waals surface area contributed by atoms with Crippen LogP contribution < -0.4 is 11.2 Å². The first kappa shape index (κ1) is 36.4. The molecular weight excluding hydrogens is 633 g/mol. The van der Waals surface area contributed by atoms with Crippen LogP contribution in [0, 0.1) is 0 Å². The lowest BCUT2D eigenvalue weighted by molar-refractivity contribution is -0.0536. The maximum atomic E-state index is 14.1. The molecule has 0 spiro atoms. The summed E-state index contributed by atoms with van der Waals surface area (Å²) < 4.78 is 28.1. The Morgan fingerprint density at radius 1 is 0.766 bits per heavy atom.